The van der Waals surface area contributed by atoms with Crippen molar-refractivity contribution >= 4 is 31.5 Å². The highest BCUT2D eigenvalue weighted by atomic mass is 32.2. The van der Waals surface area contributed by atoms with Gasteiger partial charge in [0.05, 0.1) is 16.4 Å². The summed E-state index contributed by atoms with van der Waals surface area (Å²) in [6, 6.07) is 13.3. The minimum Gasteiger partial charge on any atom is -0.324 e. The molecule has 1 heterocycles. The van der Waals surface area contributed by atoms with E-state index in [9.17, 15) is 21.6 Å². The number of hydrogen-bond donors (Lipinski definition) is 1. The van der Waals surface area contributed by atoms with Crippen LogP contribution in [-0.4, -0.2) is 69.6 Å². The van der Waals surface area contributed by atoms with Crippen LogP contribution in [0.3, 0.4) is 0 Å². The number of benzene rings is 2. The van der Waals surface area contributed by atoms with Crippen molar-refractivity contribution in [2.75, 3.05) is 43.0 Å². The van der Waals surface area contributed by atoms with E-state index >= 15 is 0 Å². The Labute approximate surface area is 196 Å². The average Bonchev–Trinajstić information content (AvgIpc) is 2.77. The van der Waals surface area contributed by atoms with Crippen LogP contribution in [0.1, 0.15) is 31.0 Å². The molecule has 1 amide bonds. The number of sulfonamides is 1. The van der Waals surface area contributed by atoms with E-state index in [0.29, 0.717) is 24.3 Å². The number of aryl methyl sites for hydroxylation is 1. The minimum atomic E-state index is -3.69. The van der Waals surface area contributed by atoms with Crippen molar-refractivity contribution in [3.8, 4) is 0 Å². The quantitative estimate of drug-likeness (QED) is 0.606. The first-order chi connectivity index (χ1) is 15.6. The normalized spacial score (nSPS) is 17.6. The van der Waals surface area contributed by atoms with Crippen LogP contribution < -0.4 is 5.32 Å². The molecule has 1 aliphatic rings. The number of rotatable bonds is 8. The summed E-state index contributed by atoms with van der Waals surface area (Å²) < 4.78 is 51.3. The van der Waals surface area contributed by atoms with Crippen LogP contribution >= 0.6 is 0 Å². The summed E-state index contributed by atoms with van der Waals surface area (Å²) in [4.78, 5) is 15.4. The van der Waals surface area contributed by atoms with Gasteiger partial charge < -0.3 is 5.32 Å². The van der Waals surface area contributed by atoms with Gasteiger partial charge in [0, 0.05) is 31.9 Å². The van der Waals surface area contributed by atoms with E-state index in [1.54, 1.807) is 32.9 Å². The fourth-order valence-corrected chi connectivity index (χ4v) is 6.96. The summed E-state index contributed by atoms with van der Waals surface area (Å²) >= 11 is 0. The van der Waals surface area contributed by atoms with Crippen LogP contribution in [0.25, 0.3) is 0 Å². The van der Waals surface area contributed by atoms with E-state index in [1.165, 1.54) is 10.4 Å². The van der Waals surface area contributed by atoms with E-state index in [1.807, 2.05) is 35.2 Å². The highest BCUT2D eigenvalue weighted by molar-refractivity contribution is 7.91. The van der Waals surface area contributed by atoms with Gasteiger partial charge in [-0.2, -0.15) is 4.31 Å². The van der Waals surface area contributed by atoms with Crippen molar-refractivity contribution in [1.29, 1.82) is 0 Å². The van der Waals surface area contributed by atoms with E-state index < -0.39 is 25.9 Å². The number of sulfone groups is 1. The van der Waals surface area contributed by atoms with Crippen molar-refractivity contribution in [2.45, 2.75) is 31.7 Å². The second-order valence-corrected chi connectivity index (χ2v) is 12.3. The van der Waals surface area contributed by atoms with Crippen LogP contribution in [0.2, 0.25) is 0 Å². The molecule has 0 aromatic heterocycles. The van der Waals surface area contributed by atoms with Crippen molar-refractivity contribution in [1.82, 2.24) is 9.21 Å². The van der Waals surface area contributed by atoms with Gasteiger partial charge in [0.1, 0.15) is 6.04 Å². The molecule has 1 unspecified atom stereocenters. The SMILES string of the molecule is CCN(CC)S(=O)(=O)c1cc(NC(=O)C(c2ccccc2)N2CCS(=O)(=O)CC2)ccc1C. The monoisotopic (exact) mass is 493 g/mol. The molecule has 0 saturated carbocycles. The second-order valence-electron chi connectivity index (χ2n) is 8.06. The predicted octanol–water partition coefficient (Wildman–Crippen LogP) is 2.44. The lowest BCUT2D eigenvalue weighted by molar-refractivity contribution is -0.121. The lowest BCUT2D eigenvalue weighted by Crippen LogP contribution is -2.46. The Morgan fingerprint density at radius 2 is 1.67 bits per heavy atom. The molecule has 0 aliphatic carbocycles. The standard InChI is InChI=1S/C23H31N3O5S2/c1-4-26(5-2)33(30,31)21-17-20(12-11-18(21)3)24-23(27)22(19-9-7-6-8-10-19)25-13-15-32(28,29)16-14-25/h6-12,17,22H,4-5,13-16H2,1-3H3,(H,24,27). The number of carbonyl (C=O) groups is 1. The molecule has 2 aromatic carbocycles. The molecule has 33 heavy (non-hydrogen) atoms. The van der Waals surface area contributed by atoms with Crippen LogP contribution in [0.4, 0.5) is 5.69 Å². The predicted molar refractivity (Wildman–Crippen MR) is 129 cm³/mol. The summed E-state index contributed by atoms with van der Waals surface area (Å²) in [5.41, 5.74) is 1.72. The van der Waals surface area contributed by atoms with Gasteiger partial charge in [-0.3, -0.25) is 9.69 Å². The van der Waals surface area contributed by atoms with Gasteiger partial charge in [-0.05, 0) is 30.2 Å². The first-order valence-corrected chi connectivity index (χ1v) is 14.3. The molecular formula is C23H31N3O5S2. The molecule has 8 nitrogen and oxygen atoms in total. The molecule has 1 atom stereocenters. The minimum absolute atomic E-state index is 0.000404. The molecule has 10 heteroatoms. The molecule has 3 rings (SSSR count). The van der Waals surface area contributed by atoms with E-state index in [2.05, 4.69) is 5.32 Å². The molecule has 1 aliphatic heterocycles. The maximum Gasteiger partial charge on any atom is 0.246 e. The smallest absolute Gasteiger partial charge is 0.246 e. The van der Waals surface area contributed by atoms with Crippen molar-refractivity contribution in [3.05, 3.63) is 59.7 Å². The number of anilines is 1. The van der Waals surface area contributed by atoms with Crippen LogP contribution in [0.15, 0.2) is 53.4 Å². The molecule has 0 spiro atoms. The Morgan fingerprint density at radius 1 is 1.06 bits per heavy atom. The van der Waals surface area contributed by atoms with Crippen LogP contribution in [0, 0.1) is 6.92 Å². The van der Waals surface area contributed by atoms with Crippen molar-refractivity contribution < 1.29 is 21.6 Å². The average molecular weight is 494 g/mol. The zero-order chi connectivity index (χ0) is 24.2. The summed E-state index contributed by atoms with van der Waals surface area (Å²) in [5.74, 6) is -0.337. The molecule has 2 aromatic rings. The van der Waals surface area contributed by atoms with Gasteiger partial charge in [-0.1, -0.05) is 50.2 Å². The molecular weight excluding hydrogens is 462 g/mol. The van der Waals surface area contributed by atoms with E-state index in [0.717, 1.165) is 5.56 Å². The molecule has 1 N–H and O–H groups in total. The largest absolute Gasteiger partial charge is 0.324 e. The van der Waals surface area contributed by atoms with Crippen molar-refractivity contribution in [2.24, 2.45) is 0 Å². The lowest BCUT2D eigenvalue weighted by Gasteiger charge is -2.33. The zero-order valence-corrected chi connectivity index (χ0v) is 20.8. The van der Waals surface area contributed by atoms with Gasteiger partial charge in [-0.15, -0.1) is 0 Å². The highest BCUT2D eigenvalue weighted by Gasteiger charge is 2.33. The van der Waals surface area contributed by atoms with Gasteiger partial charge in [0.25, 0.3) is 0 Å². The number of hydrogen-bond acceptors (Lipinski definition) is 6. The van der Waals surface area contributed by atoms with Gasteiger partial charge >= 0.3 is 0 Å². The molecule has 180 valence electrons. The van der Waals surface area contributed by atoms with Gasteiger partial charge in [0.15, 0.2) is 9.84 Å². The molecule has 0 radical (unpaired) electrons. The maximum absolute atomic E-state index is 13.4. The highest BCUT2D eigenvalue weighted by Crippen LogP contribution is 2.27. The summed E-state index contributed by atoms with van der Waals surface area (Å²) in [6.07, 6.45) is 0. The van der Waals surface area contributed by atoms with Gasteiger partial charge in [-0.25, -0.2) is 16.8 Å². The Bertz CT molecular complexity index is 1180. The lowest BCUT2D eigenvalue weighted by atomic mass is 10.0. The summed E-state index contributed by atoms with van der Waals surface area (Å²) in [7, 11) is -6.79. The zero-order valence-electron chi connectivity index (χ0n) is 19.2. The first kappa shape index (κ1) is 25.4. The first-order valence-electron chi connectivity index (χ1n) is 11.0. The Kier molecular flexibility index (Phi) is 7.94. The van der Waals surface area contributed by atoms with Crippen LogP contribution in [0.5, 0.6) is 0 Å². The number of nitrogens with one attached hydrogen (secondary N) is 1. The molecule has 1 saturated heterocycles. The number of amides is 1. The second kappa shape index (κ2) is 10.3. The third kappa shape index (κ3) is 5.81. The third-order valence-corrected chi connectivity index (χ3v) is 9.69. The fourth-order valence-electron chi connectivity index (χ4n) is 4.02. The third-order valence-electron chi connectivity index (χ3n) is 5.89. The van der Waals surface area contributed by atoms with Crippen LogP contribution in [-0.2, 0) is 24.7 Å². The van der Waals surface area contributed by atoms with E-state index in [-0.39, 0.29) is 35.4 Å². The Balaban J connectivity index is 1.91. The topological polar surface area (TPSA) is 104 Å². The maximum atomic E-state index is 13.4. The van der Waals surface area contributed by atoms with Crippen molar-refractivity contribution in [3.63, 3.8) is 0 Å². The number of nitrogens with zero attached hydrogens (tertiary/aromatic N) is 2. The fraction of sp³-hybridized carbons (Fsp3) is 0.435. The Hall–Kier alpha value is -2.27. The molecule has 0 bridgehead atoms. The summed E-state index contributed by atoms with van der Waals surface area (Å²) in [5, 5.41) is 2.86. The van der Waals surface area contributed by atoms with Gasteiger partial charge in [0.2, 0.25) is 15.9 Å². The Morgan fingerprint density at radius 3 is 2.24 bits per heavy atom. The van der Waals surface area contributed by atoms with E-state index in [4.69, 9.17) is 0 Å². The molecule has 1 fully saturated rings. The summed E-state index contributed by atoms with van der Waals surface area (Å²) in [6.45, 7) is 6.50. The number of carbonyl (C=O) groups excluding carboxylic acids is 1.